The van der Waals surface area contributed by atoms with Gasteiger partial charge in [0.2, 0.25) is 5.82 Å². The van der Waals surface area contributed by atoms with Crippen LogP contribution in [0.5, 0.6) is 0 Å². The highest BCUT2D eigenvalue weighted by atomic mass is 16.5. The van der Waals surface area contributed by atoms with Gasteiger partial charge in [0, 0.05) is 31.7 Å². The van der Waals surface area contributed by atoms with Crippen molar-refractivity contribution in [1.29, 1.82) is 0 Å². The highest BCUT2D eigenvalue weighted by molar-refractivity contribution is 5.55. The van der Waals surface area contributed by atoms with E-state index in [1.54, 1.807) is 0 Å². The number of benzene rings is 2. The standard InChI is InChI=1S/C23H26N4O3/c28-23(19-9-5-2-6-10-19)11-12-27(17-20(23)26-13-15-29-16-14-26)22-24-21(25-30-22)18-7-3-1-4-8-18/h1-10,20,28H,11-17H2/t20-,23+/m1/s1. The Kier molecular flexibility index (Phi) is 5.25. The molecule has 2 saturated heterocycles. The van der Waals surface area contributed by atoms with E-state index < -0.39 is 5.60 Å². The number of ether oxygens (including phenoxy) is 1. The molecule has 2 fully saturated rings. The number of hydrogen-bond donors (Lipinski definition) is 1. The molecule has 0 amide bonds. The van der Waals surface area contributed by atoms with Crippen LogP contribution in [0.2, 0.25) is 0 Å². The zero-order valence-corrected chi connectivity index (χ0v) is 16.9. The van der Waals surface area contributed by atoms with Crippen LogP contribution in [0.15, 0.2) is 65.2 Å². The molecule has 7 heteroatoms. The maximum absolute atomic E-state index is 11.8. The van der Waals surface area contributed by atoms with Crippen molar-refractivity contribution in [2.75, 3.05) is 44.3 Å². The molecule has 2 aliphatic rings. The smallest absolute Gasteiger partial charge is 0.324 e. The van der Waals surface area contributed by atoms with Gasteiger partial charge in [-0.2, -0.15) is 4.98 Å². The quantitative estimate of drug-likeness (QED) is 0.714. The van der Waals surface area contributed by atoms with Crippen molar-refractivity contribution in [3.05, 3.63) is 66.2 Å². The van der Waals surface area contributed by atoms with Crippen molar-refractivity contribution in [2.24, 2.45) is 0 Å². The number of piperidine rings is 1. The fourth-order valence-corrected chi connectivity index (χ4v) is 4.52. The molecular weight excluding hydrogens is 380 g/mol. The molecule has 0 aliphatic carbocycles. The average molecular weight is 406 g/mol. The minimum Gasteiger partial charge on any atom is -0.383 e. The van der Waals surface area contributed by atoms with Crippen molar-refractivity contribution in [3.8, 4) is 11.4 Å². The molecule has 2 aromatic carbocycles. The topological polar surface area (TPSA) is 74.9 Å². The van der Waals surface area contributed by atoms with Crippen molar-refractivity contribution in [1.82, 2.24) is 15.0 Å². The van der Waals surface area contributed by atoms with Gasteiger partial charge in [0.15, 0.2) is 0 Å². The number of aromatic nitrogens is 2. The van der Waals surface area contributed by atoms with Crippen LogP contribution in [0.3, 0.4) is 0 Å². The van der Waals surface area contributed by atoms with Crippen LogP contribution in [0.1, 0.15) is 12.0 Å². The van der Waals surface area contributed by atoms with Gasteiger partial charge in [-0.15, -0.1) is 0 Å². The van der Waals surface area contributed by atoms with Gasteiger partial charge in [-0.3, -0.25) is 4.90 Å². The highest BCUT2D eigenvalue weighted by Crippen LogP contribution is 2.37. The van der Waals surface area contributed by atoms with E-state index in [4.69, 9.17) is 9.26 Å². The third-order valence-electron chi connectivity index (χ3n) is 6.19. The monoisotopic (exact) mass is 406 g/mol. The van der Waals surface area contributed by atoms with Crippen molar-refractivity contribution >= 4 is 6.01 Å². The molecule has 2 atom stereocenters. The van der Waals surface area contributed by atoms with E-state index in [0.29, 0.717) is 44.6 Å². The van der Waals surface area contributed by atoms with Gasteiger partial charge in [0.1, 0.15) is 5.60 Å². The zero-order valence-electron chi connectivity index (χ0n) is 16.9. The minimum absolute atomic E-state index is 0.0929. The van der Waals surface area contributed by atoms with Gasteiger partial charge in [0.05, 0.1) is 19.3 Å². The number of hydrogen-bond acceptors (Lipinski definition) is 7. The predicted molar refractivity (Wildman–Crippen MR) is 113 cm³/mol. The number of aliphatic hydroxyl groups is 1. The summed E-state index contributed by atoms with van der Waals surface area (Å²) in [5.41, 5.74) is 0.948. The largest absolute Gasteiger partial charge is 0.383 e. The lowest BCUT2D eigenvalue weighted by atomic mass is 9.79. The average Bonchev–Trinajstić information content (AvgIpc) is 3.31. The Balaban J connectivity index is 1.43. The second-order valence-corrected chi connectivity index (χ2v) is 7.92. The van der Waals surface area contributed by atoms with E-state index in [-0.39, 0.29) is 6.04 Å². The molecule has 0 radical (unpaired) electrons. The first-order valence-electron chi connectivity index (χ1n) is 10.5. The lowest BCUT2D eigenvalue weighted by molar-refractivity contribution is -0.0916. The van der Waals surface area contributed by atoms with Crippen LogP contribution in [-0.2, 0) is 10.3 Å². The molecule has 30 heavy (non-hydrogen) atoms. The van der Waals surface area contributed by atoms with Crippen LogP contribution >= 0.6 is 0 Å². The summed E-state index contributed by atoms with van der Waals surface area (Å²) in [5.74, 6) is 0.581. The third-order valence-corrected chi connectivity index (χ3v) is 6.19. The van der Waals surface area contributed by atoms with Gasteiger partial charge < -0.3 is 19.3 Å². The Morgan fingerprint density at radius 3 is 2.37 bits per heavy atom. The highest BCUT2D eigenvalue weighted by Gasteiger charge is 2.47. The maximum atomic E-state index is 11.8. The van der Waals surface area contributed by atoms with Crippen molar-refractivity contribution in [3.63, 3.8) is 0 Å². The van der Waals surface area contributed by atoms with Gasteiger partial charge >= 0.3 is 6.01 Å². The van der Waals surface area contributed by atoms with Crippen LogP contribution < -0.4 is 4.90 Å². The Bertz CT molecular complexity index is 959. The van der Waals surface area contributed by atoms with E-state index in [0.717, 1.165) is 24.2 Å². The molecule has 3 aromatic rings. The van der Waals surface area contributed by atoms with Gasteiger partial charge in [-0.25, -0.2) is 0 Å². The summed E-state index contributed by atoms with van der Waals surface area (Å²) in [4.78, 5) is 9.05. The Morgan fingerprint density at radius 1 is 0.933 bits per heavy atom. The third kappa shape index (κ3) is 3.60. The van der Waals surface area contributed by atoms with E-state index in [1.807, 2.05) is 60.7 Å². The molecule has 0 saturated carbocycles. The SMILES string of the molecule is O[C@]1(c2ccccc2)CCN(c2nc(-c3ccccc3)no2)C[C@H]1N1CCOCC1. The Labute approximate surface area is 175 Å². The van der Waals surface area contributed by atoms with Crippen molar-refractivity contribution < 1.29 is 14.4 Å². The van der Waals surface area contributed by atoms with Crippen LogP contribution in [0.25, 0.3) is 11.4 Å². The normalized spacial score (nSPS) is 25.4. The van der Waals surface area contributed by atoms with Crippen LogP contribution in [-0.4, -0.2) is 65.6 Å². The molecule has 156 valence electrons. The predicted octanol–water partition coefficient (Wildman–Crippen LogP) is 2.54. The number of morpholine rings is 1. The molecule has 7 nitrogen and oxygen atoms in total. The van der Waals surface area contributed by atoms with Gasteiger partial charge in [-0.05, 0) is 12.0 Å². The first-order chi connectivity index (χ1) is 14.7. The maximum Gasteiger partial charge on any atom is 0.324 e. The summed E-state index contributed by atoms with van der Waals surface area (Å²) < 4.78 is 11.2. The molecular formula is C23H26N4O3. The second-order valence-electron chi connectivity index (χ2n) is 7.92. The molecule has 1 aromatic heterocycles. The molecule has 0 unspecified atom stereocenters. The number of rotatable bonds is 4. The number of anilines is 1. The summed E-state index contributed by atoms with van der Waals surface area (Å²) in [6, 6.07) is 20.2. The molecule has 0 bridgehead atoms. The summed E-state index contributed by atoms with van der Waals surface area (Å²) in [7, 11) is 0. The van der Waals surface area contributed by atoms with E-state index in [2.05, 4.69) is 19.9 Å². The van der Waals surface area contributed by atoms with Crippen molar-refractivity contribution in [2.45, 2.75) is 18.1 Å². The van der Waals surface area contributed by atoms with Crippen LogP contribution in [0.4, 0.5) is 6.01 Å². The van der Waals surface area contributed by atoms with Gasteiger partial charge in [0.25, 0.3) is 0 Å². The van der Waals surface area contributed by atoms with Crippen LogP contribution in [0, 0.1) is 0 Å². The molecule has 3 heterocycles. The van der Waals surface area contributed by atoms with Gasteiger partial charge in [-0.1, -0.05) is 65.8 Å². The first-order valence-corrected chi connectivity index (χ1v) is 10.5. The van der Waals surface area contributed by atoms with E-state index in [9.17, 15) is 5.11 Å². The first kappa shape index (κ1) is 19.2. The fourth-order valence-electron chi connectivity index (χ4n) is 4.52. The van der Waals surface area contributed by atoms with E-state index in [1.165, 1.54) is 0 Å². The molecule has 0 spiro atoms. The molecule has 5 rings (SSSR count). The lowest BCUT2D eigenvalue weighted by Crippen LogP contribution is -2.62. The summed E-state index contributed by atoms with van der Waals surface area (Å²) in [6.45, 7) is 4.21. The molecule has 2 aliphatic heterocycles. The summed E-state index contributed by atoms with van der Waals surface area (Å²) in [5, 5.41) is 16.0. The van der Waals surface area contributed by atoms with E-state index >= 15 is 0 Å². The zero-order chi connectivity index (χ0) is 20.4. The fraction of sp³-hybridized carbons (Fsp3) is 0.391. The minimum atomic E-state index is -0.933. The summed E-state index contributed by atoms with van der Waals surface area (Å²) in [6.07, 6.45) is 0.585. The Hall–Kier alpha value is -2.74. The number of nitrogens with zero attached hydrogens (tertiary/aromatic N) is 4. The lowest BCUT2D eigenvalue weighted by Gasteiger charge is -2.49. The molecule has 1 N–H and O–H groups in total. The Morgan fingerprint density at radius 2 is 1.63 bits per heavy atom. The second kappa shape index (κ2) is 8.18. The summed E-state index contributed by atoms with van der Waals surface area (Å²) >= 11 is 0.